The van der Waals surface area contributed by atoms with Gasteiger partial charge in [0.05, 0.1) is 0 Å². The molecule has 0 aliphatic heterocycles. The van der Waals surface area contributed by atoms with Gasteiger partial charge in [-0.3, -0.25) is 0 Å². The van der Waals surface area contributed by atoms with Gasteiger partial charge in [-0.2, -0.15) is 0 Å². The maximum atomic E-state index is 10.1. The van der Waals surface area contributed by atoms with Gasteiger partial charge in [-0.05, 0) is 26.2 Å². The first-order valence-electron chi connectivity index (χ1n) is 6.90. The summed E-state index contributed by atoms with van der Waals surface area (Å²) in [7, 11) is 0. The zero-order chi connectivity index (χ0) is 12.1. The van der Waals surface area contributed by atoms with E-state index >= 15 is 0 Å². The molecule has 0 spiro atoms. The summed E-state index contributed by atoms with van der Waals surface area (Å²) in [6, 6.07) is 0. The van der Waals surface area contributed by atoms with E-state index in [-0.39, 0.29) is 0 Å². The Morgan fingerprint density at radius 1 is 0.938 bits per heavy atom. The topological polar surface area (TPSA) is 17.1 Å². The summed E-state index contributed by atoms with van der Waals surface area (Å²) in [5.41, 5.74) is 1.45. The number of rotatable bonds is 11. The van der Waals surface area contributed by atoms with E-state index in [2.05, 4.69) is 19.9 Å². The van der Waals surface area contributed by atoms with Crippen LogP contribution >= 0.6 is 0 Å². The highest BCUT2D eigenvalue weighted by Gasteiger charge is 1.93. The van der Waals surface area contributed by atoms with Crippen molar-refractivity contribution in [2.45, 2.75) is 78.1 Å². The molecule has 94 valence electrons. The molecule has 0 bridgehead atoms. The normalized spacial score (nSPS) is 11.8. The van der Waals surface area contributed by atoms with Crippen LogP contribution in [0.5, 0.6) is 0 Å². The summed E-state index contributed by atoms with van der Waals surface area (Å²) in [4.78, 5) is 10.1. The van der Waals surface area contributed by atoms with Crippen molar-refractivity contribution in [1.82, 2.24) is 0 Å². The van der Waals surface area contributed by atoms with Gasteiger partial charge in [-0.25, -0.2) is 0 Å². The fourth-order valence-electron chi connectivity index (χ4n) is 1.86. The molecular weight excluding hydrogens is 196 g/mol. The van der Waals surface area contributed by atoms with Gasteiger partial charge in [-0.15, -0.1) is 0 Å². The van der Waals surface area contributed by atoms with Crippen LogP contribution in [-0.2, 0) is 4.79 Å². The molecule has 0 aromatic carbocycles. The van der Waals surface area contributed by atoms with Gasteiger partial charge in [0.2, 0.25) is 0 Å². The third-order valence-electron chi connectivity index (χ3n) is 2.95. The number of hydrogen-bond donors (Lipinski definition) is 0. The third kappa shape index (κ3) is 11.5. The van der Waals surface area contributed by atoms with Crippen molar-refractivity contribution in [3.05, 3.63) is 11.6 Å². The van der Waals surface area contributed by atoms with Crippen molar-refractivity contribution in [3.8, 4) is 0 Å². The van der Waals surface area contributed by atoms with Crippen LogP contribution in [0.1, 0.15) is 78.1 Å². The molecule has 0 unspecified atom stereocenters. The van der Waals surface area contributed by atoms with Crippen molar-refractivity contribution in [2.24, 2.45) is 0 Å². The van der Waals surface area contributed by atoms with E-state index in [1.165, 1.54) is 56.9 Å². The molecule has 0 saturated carbocycles. The molecule has 0 saturated heterocycles. The summed E-state index contributed by atoms with van der Waals surface area (Å²) in [6.45, 7) is 4.44. The smallest absolute Gasteiger partial charge is 0.120 e. The predicted molar refractivity (Wildman–Crippen MR) is 71.7 cm³/mol. The van der Waals surface area contributed by atoms with Crippen LogP contribution in [0.3, 0.4) is 0 Å². The fourth-order valence-corrected chi connectivity index (χ4v) is 1.86. The van der Waals surface area contributed by atoms with Crippen LogP contribution in [0.4, 0.5) is 0 Å². The summed E-state index contributed by atoms with van der Waals surface area (Å²) in [5, 5.41) is 0. The van der Waals surface area contributed by atoms with E-state index < -0.39 is 0 Å². The second-order valence-electron chi connectivity index (χ2n) is 4.67. The molecule has 0 atom stereocenters. The van der Waals surface area contributed by atoms with Crippen molar-refractivity contribution < 1.29 is 4.79 Å². The first-order chi connectivity index (χ1) is 7.81. The van der Waals surface area contributed by atoms with Gasteiger partial charge in [0.15, 0.2) is 0 Å². The largest absolute Gasteiger partial charge is 0.303 e. The van der Waals surface area contributed by atoms with Crippen LogP contribution in [0, 0.1) is 0 Å². The number of carbonyl (C=O) groups is 1. The Bertz CT molecular complexity index is 182. The van der Waals surface area contributed by atoms with Crippen molar-refractivity contribution in [1.29, 1.82) is 0 Å². The predicted octanol–water partition coefficient (Wildman–Crippen LogP) is 5.05. The Labute approximate surface area is 101 Å². The number of unbranched alkanes of at least 4 members (excludes halogenated alkanes) is 7. The second kappa shape index (κ2) is 12.5. The van der Waals surface area contributed by atoms with E-state index in [1.807, 2.05) is 0 Å². The van der Waals surface area contributed by atoms with Gasteiger partial charge in [-0.1, -0.05) is 57.1 Å². The summed E-state index contributed by atoms with van der Waals surface area (Å²) >= 11 is 0. The average Bonchev–Trinajstić information content (AvgIpc) is 2.28. The highest BCUT2D eigenvalue weighted by atomic mass is 16.1. The van der Waals surface area contributed by atoms with Crippen LogP contribution in [0.25, 0.3) is 0 Å². The Kier molecular flexibility index (Phi) is 12.0. The summed E-state index contributed by atoms with van der Waals surface area (Å²) in [5.74, 6) is 0. The SMILES string of the molecule is CCCCCCCCCC(C)=CCCC=O. The minimum absolute atomic E-state index is 0.675. The van der Waals surface area contributed by atoms with Gasteiger partial charge in [0, 0.05) is 6.42 Å². The van der Waals surface area contributed by atoms with Gasteiger partial charge >= 0.3 is 0 Å². The van der Waals surface area contributed by atoms with Crippen molar-refractivity contribution in [2.75, 3.05) is 0 Å². The first-order valence-corrected chi connectivity index (χ1v) is 6.90. The highest BCUT2D eigenvalue weighted by molar-refractivity contribution is 5.49. The minimum Gasteiger partial charge on any atom is -0.303 e. The quantitative estimate of drug-likeness (QED) is 0.272. The second-order valence-corrected chi connectivity index (χ2v) is 4.67. The molecule has 0 fully saturated rings. The molecule has 0 amide bonds. The van der Waals surface area contributed by atoms with Crippen LogP contribution in [0.2, 0.25) is 0 Å². The summed E-state index contributed by atoms with van der Waals surface area (Å²) in [6.07, 6.45) is 15.6. The first kappa shape index (κ1) is 15.4. The van der Waals surface area contributed by atoms with E-state index in [9.17, 15) is 4.79 Å². The summed E-state index contributed by atoms with van der Waals surface area (Å²) < 4.78 is 0. The molecule has 0 rings (SSSR count). The molecule has 0 aromatic heterocycles. The Hall–Kier alpha value is -0.590. The lowest BCUT2D eigenvalue weighted by molar-refractivity contribution is -0.107. The van der Waals surface area contributed by atoms with E-state index in [0.717, 1.165) is 12.7 Å². The lowest BCUT2D eigenvalue weighted by Crippen LogP contribution is -1.83. The molecular formula is C15H28O. The number of allylic oxidation sites excluding steroid dienone is 2. The van der Waals surface area contributed by atoms with Crippen LogP contribution < -0.4 is 0 Å². The van der Waals surface area contributed by atoms with Crippen molar-refractivity contribution >= 4 is 6.29 Å². The molecule has 0 aliphatic rings. The maximum Gasteiger partial charge on any atom is 0.120 e. The number of carbonyl (C=O) groups excluding carboxylic acids is 1. The Balaban J connectivity index is 3.23. The Morgan fingerprint density at radius 2 is 1.56 bits per heavy atom. The zero-order valence-electron chi connectivity index (χ0n) is 11.1. The average molecular weight is 224 g/mol. The molecule has 0 aromatic rings. The monoisotopic (exact) mass is 224 g/mol. The molecule has 0 N–H and O–H groups in total. The number of aldehydes is 1. The molecule has 0 radical (unpaired) electrons. The van der Waals surface area contributed by atoms with Gasteiger partial charge in [0.25, 0.3) is 0 Å². The molecule has 16 heavy (non-hydrogen) atoms. The molecule has 1 heteroatoms. The lowest BCUT2D eigenvalue weighted by Gasteiger charge is -2.02. The number of hydrogen-bond acceptors (Lipinski definition) is 1. The lowest BCUT2D eigenvalue weighted by atomic mass is 10.0. The van der Waals surface area contributed by atoms with Crippen LogP contribution in [-0.4, -0.2) is 6.29 Å². The van der Waals surface area contributed by atoms with Gasteiger partial charge in [0.1, 0.15) is 6.29 Å². The highest BCUT2D eigenvalue weighted by Crippen LogP contribution is 2.12. The molecule has 0 heterocycles. The third-order valence-corrected chi connectivity index (χ3v) is 2.95. The van der Waals surface area contributed by atoms with Gasteiger partial charge < -0.3 is 4.79 Å². The van der Waals surface area contributed by atoms with E-state index in [4.69, 9.17) is 0 Å². The zero-order valence-corrected chi connectivity index (χ0v) is 11.1. The standard InChI is InChI=1S/C15H28O/c1-3-4-5-6-7-8-9-12-15(2)13-10-11-14-16/h13-14H,3-12H2,1-2H3. The fraction of sp³-hybridized carbons (Fsp3) is 0.800. The molecule has 0 aliphatic carbocycles. The Morgan fingerprint density at radius 3 is 2.19 bits per heavy atom. The van der Waals surface area contributed by atoms with Crippen molar-refractivity contribution in [3.63, 3.8) is 0 Å². The van der Waals surface area contributed by atoms with Crippen LogP contribution in [0.15, 0.2) is 11.6 Å². The van der Waals surface area contributed by atoms with E-state index in [0.29, 0.717) is 6.42 Å². The maximum absolute atomic E-state index is 10.1. The minimum atomic E-state index is 0.675. The molecule has 1 nitrogen and oxygen atoms in total. The van der Waals surface area contributed by atoms with E-state index in [1.54, 1.807) is 0 Å².